The minimum absolute atomic E-state index is 0.0924. The van der Waals surface area contributed by atoms with Crippen molar-refractivity contribution in [1.82, 2.24) is 19.5 Å². The molecular weight excluding hydrogens is 609 g/mol. The zero-order valence-electron chi connectivity index (χ0n) is 28.2. The molecular formula is C33H58N5O5PS. The SMILES string of the molecule is CCCCCCCCCCCCCCCCOCCC/C(OC(C)Cn1cnc2c(N)ncnc21)=[P+](/[O-])COC(=O)SC(C)C. The normalized spacial score (nSPS) is 13.0. The van der Waals surface area contributed by atoms with Crippen molar-refractivity contribution in [3.05, 3.63) is 12.7 Å². The minimum Gasteiger partial charge on any atom is -0.626 e. The maximum absolute atomic E-state index is 13.1. The molecule has 2 heterocycles. The van der Waals surface area contributed by atoms with Gasteiger partial charge in [0.25, 0.3) is 0 Å². The molecule has 0 spiro atoms. The van der Waals surface area contributed by atoms with Gasteiger partial charge in [-0.25, -0.2) is 19.7 Å². The number of imidazole rings is 1. The van der Waals surface area contributed by atoms with Gasteiger partial charge in [0.2, 0.25) is 11.8 Å². The van der Waals surface area contributed by atoms with E-state index in [1.54, 1.807) is 6.33 Å². The Morgan fingerprint density at radius 3 is 2.13 bits per heavy atom. The van der Waals surface area contributed by atoms with E-state index in [0.717, 1.165) is 24.8 Å². The molecule has 2 atom stereocenters. The number of fused-ring (bicyclic) bond motifs is 1. The summed E-state index contributed by atoms with van der Waals surface area (Å²) in [5.41, 5.74) is 7.48. The third kappa shape index (κ3) is 17.6. The van der Waals surface area contributed by atoms with Crippen LogP contribution in [-0.2, 0) is 20.8 Å². The van der Waals surface area contributed by atoms with E-state index in [2.05, 4.69) is 21.9 Å². The van der Waals surface area contributed by atoms with Gasteiger partial charge in [0.1, 0.15) is 19.6 Å². The Balaban J connectivity index is 1.67. The van der Waals surface area contributed by atoms with Crippen molar-refractivity contribution in [2.24, 2.45) is 0 Å². The third-order valence-electron chi connectivity index (χ3n) is 7.45. The number of nitrogen functional groups attached to an aromatic ring is 1. The number of nitrogens with zero attached hydrogens (tertiary/aromatic N) is 4. The van der Waals surface area contributed by atoms with Crippen LogP contribution < -0.4 is 10.6 Å². The highest BCUT2D eigenvalue weighted by Gasteiger charge is 2.19. The van der Waals surface area contributed by atoms with E-state index >= 15 is 0 Å². The Morgan fingerprint density at radius 1 is 0.911 bits per heavy atom. The molecule has 12 heteroatoms. The maximum Gasteiger partial charge on any atom is 0.370 e. The van der Waals surface area contributed by atoms with Crippen molar-refractivity contribution >= 4 is 47.3 Å². The summed E-state index contributed by atoms with van der Waals surface area (Å²) in [6.45, 7) is 9.71. The van der Waals surface area contributed by atoms with Crippen LogP contribution in [0.5, 0.6) is 0 Å². The number of rotatable bonds is 26. The fraction of sp³-hybridized carbons (Fsp3) is 0.788. The fourth-order valence-electron chi connectivity index (χ4n) is 5.06. The molecule has 2 aromatic rings. The van der Waals surface area contributed by atoms with Gasteiger partial charge in [0.15, 0.2) is 11.5 Å². The lowest BCUT2D eigenvalue weighted by Gasteiger charge is -2.16. The molecule has 0 fully saturated rings. The van der Waals surface area contributed by atoms with E-state index in [9.17, 15) is 9.69 Å². The van der Waals surface area contributed by atoms with Crippen molar-refractivity contribution in [2.75, 3.05) is 25.3 Å². The molecule has 0 aromatic carbocycles. The lowest BCUT2D eigenvalue weighted by molar-refractivity contribution is -0.156. The molecule has 0 radical (unpaired) electrons. The first-order valence-electron chi connectivity index (χ1n) is 17.1. The molecule has 2 N–H and O–H groups in total. The number of carbonyl (C=O) groups is 1. The number of aromatic nitrogens is 4. The fourth-order valence-corrected chi connectivity index (χ4v) is 6.74. The summed E-state index contributed by atoms with van der Waals surface area (Å²) in [7, 11) is -2.02. The summed E-state index contributed by atoms with van der Waals surface area (Å²) in [5.74, 6) is 0.317. The highest BCUT2D eigenvalue weighted by Crippen LogP contribution is 2.23. The van der Waals surface area contributed by atoms with Crippen molar-refractivity contribution in [3.63, 3.8) is 0 Å². The van der Waals surface area contributed by atoms with Gasteiger partial charge in [-0.3, -0.25) is 0 Å². The molecule has 0 saturated carbocycles. The molecule has 256 valence electrons. The van der Waals surface area contributed by atoms with E-state index < -0.39 is 13.1 Å². The molecule has 0 bridgehead atoms. The van der Waals surface area contributed by atoms with Crippen molar-refractivity contribution < 1.29 is 23.9 Å². The van der Waals surface area contributed by atoms with Gasteiger partial charge in [-0.05, 0) is 31.5 Å². The number of hydrogen-bond acceptors (Lipinski definition) is 10. The number of unbranched alkanes of at least 4 members (excludes halogenated alkanes) is 13. The monoisotopic (exact) mass is 667 g/mol. The summed E-state index contributed by atoms with van der Waals surface area (Å²) in [6.07, 6.45) is 22.3. The second-order valence-electron chi connectivity index (χ2n) is 12.0. The van der Waals surface area contributed by atoms with Crippen LogP contribution in [0.15, 0.2) is 12.7 Å². The van der Waals surface area contributed by atoms with Crippen molar-refractivity contribution in [3.8, 4) is 0 Å². The number of nitrogens with two attached hydrogens (primary N) is 1. The number of carbonyl (C=O) groups excluding carboxylic acids is 1. The molecule has 45 heavy (non-hydrogen) atoms. The van der Waals surface area contributed by atoms with Gasteiger partial charge < -0.3 is 29.4 Å². The van der Waals surface area contributed by atoms with Crippen molar-refractivity contribution in [2.45, 2.75) is 148 Å². The summed E-state index contributed by atoms with van der Waals surface area (Å²) >= 11 is 1.08. The highest BCUT2D eigenvalue weighted by atomic mass is 32.2. The van der Waals surface area contributed by atoms with Gasteiger partial charge in [0, 0.05) is 24.9 Å². The first-order valence-corrected chi connectivity index (χ1v) is 19.4. The highest BCUT2D eigenvalue weighted by molar-refractivity contribution is 8.13. The molecule has 2 rings (SSSR count). The Kier molecular flexibility index (Phi) is 21.4. The predicted octanol–water partition coefficient (Wildman–Crippen LogP) is 8.21. The van der Waals surface area contributed by atoms with Crippen LogP contribution in [0.3, 0.4) is 0 Å². The topological polar surface area (TPSA) is 137 Å². The van der Waals surface area contributed by atoms with Gasteiger partial charge in [-0.15, -0.1) is 0 Å². The number of anilines is 1. The van der Waals surface area contributed by atoms with Crippen LogP contribution in [-0.4, -0.2) is 61.2 Å². The summed E-state index contributed by atoms with van der Waals surface area (Å²) in [6, 6.07) is 0. The first kappa shape index (κ1) is 39.4. The van der Waals surface area contributed by atoms with E-state index in [4.69, 9.17) is 19.9 Å². The molecule has 0 aliphatic rings. The average Bonchev–Trinajstić information content (AvgIpc) is 3.42. The van der Waals surface area contributed by atoms with E-state index in [-0.39, 0.29) is 17.7 Å². The van der Waals surface area contributed by atoms with Crippen molar-refractivity contribution in [1.29, 1.82) is 0 Å². The second-order valence-corrected chi connectivity index (χ2v) is 15.1. The van der Waals surface area contributed by atoms with E-state index in [0.29, 0.717) is 48.5 Å². The largest absolute Gasteiger partial charge is 0.626 e. The molecule has 0 aliphatic carbocycles. The summed E-state index contributed by atoms with van der Waals surface area (Å²) in [5, 5.41) is -0.339. The molecule has 0 amide bonds. The lowest BCUT2D eigenvalue weighted by atomic mass is 10.0. The van der Waals surface area contributed by atoms with Crippen LogP contribution in [0.25, 0.3) is 11.2 Å². The second kappa shape index (κ2) is 24.4. The average molecular weight is 668 g/mol. The van der Waals surface area contributed by atoms with Gasteiger partial charge in [-0.2, -0.15) is 0 Å². The Bertz CT molecular complexity index is 1120. The predicted molar refractivity (Wildman–Crippen MR) is 187 cm³/mol. The van der Waals surface area contributed by atoms with Gasteiger partial charge >= 0.3 is 5.30 Å². The number of hydrogen-bond donors (Lipinski definition) is 1. The standard InChI is InChI=1S/C33H58N5O5PS/c1-5-6-7-8-9-10-11-12-13-14-15-16-17-18-21-41-22-19-20-29(44(40)26-42-33(39)45-27(2)3)43-28(4)23-38-25-37-30-31(34)35-24-36-32(30)38/h24-25,27-28H,5-23,26H2,1-4H3,(H2,34,35,36). The maximum atomic E-state index is 13.1. The zero-order valence-corrected chi connectivity index (χ0v) is 29.9. The Morgan fingerprint density at radius 2 is 1.51 bits per heavy atom. The van der Waals surface area contributed by atoms with Crippen LogP contribution in [0, 0.1) is 0 Å². The quantitative estimate of drug-likeness (QED) is 0.0593. The Hall–Kier alpha value is -1.78. The zero-order chi connectivity index (χ0) is 32.7. The molecule has 0 saturated heterocycles. The number of thioether (sulfide) groups is 1. The van der Waals surface area contributed by atoms with E-state index in [1.807, 2.05) is 25.3 Å². The lowest BCUT2D eigenvalue weighted by Crippen LogP contribution is -2.22. The third-order valence-corrected chi connectivity index (χ3v) is 9.48. The van der Waals surface area contributed by atoms with E-state index in [1.165, 1.54) is 89.8 Å². The summed E-state index contributed by atoms with van der Waals surface area (Å²) in [4.78, 5) is 37.7. The smallest absolute Gasteiger partial charge is 0.370 e. The van der Waals surface area contributed by atoms with Crippen LogP contribution in [0.2, 0.25) is 0 Å². The first-order chi connectivity index (χ1) is 21.8. The summed E-state index contributed by atoms with van der Waals surface area (Å²) < 4.78 is 19.1. The number of ether oxygens (including phenoxy) is 3. The molecule has 10 nitrogen and oxygen atoms in total. The van der Waals surface area contributed by atoms with Crippen LogP contribution in [0.1, 0.15) is 130 Å². The van der Waals surface area contributed by atoms with Crippen LogP contribution >= 0.6 is 19.5 Å². The molecule has 2 unspecified atom stereocenters. The van der Waals surface area contributed by atoms with Crippen LogP contribution in [0.4, 0.5) is 10.6 Å². The minimum atomic E-state index is -2.02. The molecule has 0 aliphatic heterocycles. The van der Waals surface area contributed by atoms with Gasteiger partial charge in [-0.1, -0.05) is 104 Å². The van der Waals surface area contributed by atoms with Gasteiger partial charge in [0.05, 0.1) is 19.0 Å². The molecule has 2 aromatic heterocycles. The Labute approximate surface area is 276 Å².